The van der Waals surface area contributed by atoms with Crippen LogP contribution in [0.1, 0.15) is 5.56 Å². The first kappa shape index (κ1) is 14.8. The van der Waals surface area contributed by atoms with Crippen molar-refractivity contribution >= 4 is 22.0 Å². The summed E-state index contributed by atoms with van der Waals surface area (Å²) in [5, 5.41) is 0. The Morgan fingerprint density at radius 2 is 2.00 bits per heavy atom. The van der Waals surface area contributed by atoms with Crippen LogP contribution in [0.3, 0.4) is 0 Å². The summed E-state index contributed by atoms with van der Waals surface area (Å²) in [6.07, 6.45) is -5.52. The van der Waals surface area contributed by atoms with Gasteiger partial charge in [0.1, 0.15) is 0 Å². The van der Waals surface area contributed by atoms with Gasteiger partial charge in [-0.15, -0.1) is 0 Å². The van der Waals surface area contributed by atoms with Crippen molar-refractivity contribution < 1.29 is 22.7 Å². The summed E-state index contributed by atoms with van der Waals surface area (Å²) >= 11 is 3.29. The molecule has 7 heteroatoms. The van der Waals surface area contributed by atoms with Gasteiger partial charge in [0, 0.05) is 18.1 Å². The lowest BCUT2D eigenvalue weighted by Crippen LogP contribution is -2.30. The molecule has 0 fully saturated rings. The number of alkyl halides is 3. The maximum atomic E-state index is 11.9. The highest BCUT2D eigenvalue weighted by Gasteiger charge is 2.30. The Labute approximate surface area is 111 Å². The lowest BCUT2D eigenvalue weighted by molar-refractivity contribution is -0.162. The zero-order chi connectivity index (χ0) is 13.8. The number of nitrogens with zero attached hydrogens (tertiary/aromatic N) is 1. The number of carbonyl (C=O) groups is 1. The standard InChI is InChI=1S/C11H11BrF3NO2/c1-16(10(17)18-7-11(13,14)15)6-8-4-2-3-5-9(8)12/h2-5H,6-7H2,1H3. The van der Waals surface area contributed by atoms with E-state index in [0.717, 1.165) is 14.9 Å². The Morgan fingerprint density at radius 1 is 1.39 bits per heavy atom. The number of hydrogen-bond acceptors (Lipinski definition) is 2. The number of amides is 1. The summed E-state index contributed by atoms with van der Waals surface area (Å²) in [4.78, 5) is 12.4. The number of rotatable bonds is 3. The molecule has 0 aliphatic carbocycles. The molecular weight excluding hydrogens is 315 g/mol. The van der Waals surface area contributed by atoms with Crippen LogP contribution in [0.4, 0.5) is 18.0 Å². The van der Waals surface area contributed by atoms with Gasteiger partial charge in [0.05, 0.1) is 0 Å². The first-order valence-electron chi connectivity index (χ1n) is 4.97. The average molecular weight is 326 g/mol. The van der Waals surface area contributed by atoms with Crippen LogP contribution >= 0.6 is 15.9 Å². The summed E-state index contributed by atoms with van der Waals surface area (Å²) < 4.78 is 40.5. The third kappa shape index (κ3) is 4.95. The maximum absolute atomic E-state index is 11.9. The fourth-order valence-electron chi connectivity index (χ4n) is 1.20. The van der Waals surface area contributed by atoms with Gasteiger partial charge in [-0.3, -0.25) is 0 Å². The lowest BCUT2D eigenvalue weighted by atomic mass is 10.2. The predicted octanol–water partition coefficient (Wildman–Crippen LogP) is 3.58. The molecule has 0 atom stereocenters. The topological polar surface area (TPSA) is 29.5 Å². The second-order valence-corrected chi connectivity index (χ2v) is 4.47. The zero-order valence-corrected chi connectivity index (χ0v) is 11.1. The highest BCUT2D eigenvalue weighted by atomic mass is 79.9. The molecule has 1 rings (SSSR count). The molecule has 0 radical (unpaired) electrons. The highest BCUT2D eigenvalue weighted by molar-refractivity contribution is 9.10. The molecule has 0 saturated heterocycles. The zero-order valence-electron chi connectivity index (χ0n) is 9.50. The fourth-order valence-corrected chi connectivity index (χ4v) is 1.61. The van der Waals surface area contributed by atoms with E-state index < -0.39 is 18.9 Å². The minimum atomic E-state index is -4.51. The third-order valence-electron chi connectivity index (χ3n) is 2.04. The van der Waals surface area contributed by atoms with Crippen LogP contribution < -0.4 is 0 Å². The van der Waals surface area contributed by atoms with E-state index >= 15 is 0 Å². The van der Waals surface area contributed by atoms with Crippen LogP contribution in [0.15, 0.2) is 28.7 Å². The highest BCUT2D eigenvalue weighted by Crippen LogP contribution is 2.18. The molecule has 0 unspecified atom stereocenters. The number of ether oxygens (including phenoxy) is 1. The monoisotopic (exact) mass is 325 g/mol. The molecule has 0 heterocycles. The molecule has 1 aromatic rings. The SMILES string of the molecule is CN(Cc1ccccc1Br)C(=O)OCC(F)(F)F. The van der Waals surface area contributed by atoms with Crippen molar-refractivity contribution in [3.63, 3.8) is 0 Å². The second kappa shape index (κ2) is 6.08. The molecule has 1 amide bonds. The molecule has 1 aromatic carbocycles. The number of hydrogen-bond donors (Lipinski definition) is 0. The molecule has 0 bridgehead atoms. The number of halogens is 4. The Balaban J connectivity index is 2.53. The van der Waals surface area contributed by atoms with Crippen LogP contribution in [0, 0.1) is 0 Å². The lowest BCUT2D eigenvalue weighted by Gasteiger charge is -2.18. The number of benzene rings is 1. The Morgan fingerprint density at radius 3 is 2.56 bits per heavy atom. The number of carbonyl (C=O) groups excluding carboxylic acids is 1. The summed E-state index contributed by atoms with van der Waals surface area (Å²) in [6, 6.07) is 7.12. The minimum absolute atomic E-state index is 0.165. The van der Waals surface area contributed by atoms with Crippen molar-refractivity contribution in [3.05, 3.63) is 34.3 Å². The van der Waals surface area contributed by atoms with Gasteiger partial charge in [0.2, 0.25) is 0 Å². The average Bonchev–Trinajstić information content (AvgIpc) is 2.28. The van der Waals surface area contributed by atoms with Crippen LogP contribution in [0.25, 0.3) is 0 Å². The van der Waals surface area contributed by atoms with E-state index in [9.17, 15) is 18.0 Å². The first-order valence-corrected chi connectivity index (χ1v) is 5.77. The molecule has 18 heavy (non-hydrogen) atoms. The van der Waals surface area contributed by atoms with E-state index in [4.69, 9.17) is 0 Å². The molecule has 0 aliphatic rings. The summed E-state index contributed by atoms with van der Waals surface area (Å²) in [5.74, 6) is 0. The molecule has 0 aliphatic heterocycles. The Kier molecular flexibility index (Phi) is 5.01. The van der Waals surface area contributed by atoms with Gasteiger partial charge in [-0.1, -0.05) is 34.1 Å². The van der Waals surface area contributed by atoms with Crippen molar-refractivity contribution in [1.82, 2.24) is 4.90 Å². The summed E-state index contributed by atoms with van der Waals surface area (Å²) in [6.45, 7) is -1.41. The van der Waals surface area contributed by atoms with E-state index in [1.54, 1.807) is 24.3 Å². The minimum Gasteiger partial charge on any atom is -0.440 e. The van der Waals surface area contributed by atoms with Gasteiger partial charge in [-0.2, -0.15) is 13.2 Å². The van der Waals surface area contributed by atoms with Gasteiger partial charge in [-0.25, -0.2) is 4.79 Å². The van der Waals surface area contributed by atoms with Gasteiger partial charge < -0.3 is 9.64 Å². The Bertz CT molecular complexity index is 423. The quantitative estimate of drug-likeness (QED) is 0.850. The summed E-state index contributed by atoms with van der Waals surface area (Å²) in [5.41, 5.74) is 0.781. The predicted molar refractivity (Wildman–Crippen MR) is 63.0 cm³/mol. The molecule has 0 spiro atoms. The van der Waals surface area contributed by atoms with Crippen molar-refractivity contribution in [1.29, 1.82) is 0 Å². The van der Waals surface area contributed by atoms with Crippen LogP contribution in [-0.2, 0) is 11.3 Å². The van der Waals surface area contributed by atoms with Crippen LogP contribution in [0.2, 0.25) is 0 Å². The normalized spacial score (nSPS) is 11.2. The van der Waals surface area contributed by atoms with Crippen LogP contribution in [0.5, 0.6) is 0 Å². The van der Waals surface area contributed by atoms with E-state index in [2.05, 4.69) is 20.7 Å². The van der Waals surface area contributed by atoms with E-state index in [-0.39, 0.29) is 6.54 Å². The van der Waals surface area contributed by atoms with E-state index in [1.165, 1.54) is 7.05 Å². The van der Waals surface area contributed by atoms with Gasteiger partial charge >= 0.3 is 12.3 Å². The van der Waals surface area contributed by atoms with Crippen molar-refractivity contribution in [2.24, 2.45) is 0 Å². The third-order valence-corrected chi connectivity index (χ3v) is 2.81. The largest absolute Gasteiger partial charge is 0.440 e. The Hall–Kier alpha value is -1.24. The van der Waals surface area contributed by atoms with Gasteiger partial charge in [0.25, 0.3) is 0 Å². The van der Waals surface area contributed by atoms with E-state index in [1.807, 2.05) is 0 Å². The molecule has 0 N–H and O–H groups in total. The fraction of sp³-hybridized carbons (Fsp3) is 0.364. The van der Waals surface area contributed by atoms with Gasteiger partial charge in [-0.05, 0) is 11.6 Å². The smallest absolute Gasteiger partial charge is 0.422 e. The molecular formula is C11H11BrF3NO2. The molecule has 0 aromatic heterocycles. The van der Waals surface area contributed by atoms with Crippen molar-refractivity contribution in [3.8, 4) is 0 Å². The second-order valence-electron chi connectivity index (χ2n) is 3.62. The van der Waals surface area contributed by atoms with Crippen LogP contribution in [-0.4, -0.2) is 30.8 Å². The first-order chi connectivity index (χ1) is 8.29. The molecule has 100 valence electrons. The molecule has 3 nitrogen and oxygen atoms in total. The maximum Gasteiger partial charge on any atom is 0.422 e. The van der Waals surface area contributed by atoms with E-state index in [0.29, 0.717) is 0 Å². The molecule has 0 saturated carbocycles. The van der Waals surface area contributed by atoms with Crippen molar-refractivity contribution in [2.75, 3.05) is 13.7 Å². The summed E-state index contributed by atoms with van der Waals surface area (Å²) in [7, 11) is 1.37. The van der Waals surface area contributed by atoms with Gasteiger partial charge in [0.15, 0.2) is 6.61 Å². The van der Waals surface area contributed by atoms with Crippen molar-refractivity contribution in [2.45, 2.75) is 12.7 Å².